The molecule has 174 valence electrons. The van der Waals surface area contributed by atoms with E-state index in [1.807, 2.05) is 36.5 Å². The molecule has 0 saturated heterocycles. The van der Waals surface area contributed by atoms with Crippen LogP contribution in [0.15, 0.2) is 66.9 Å². The summed E-state index contributed by atoms with van der Waals surface area (Å²) in [5.41, 5.74) is 4.15. The maximum atomic E-state index is 14.1. The van der Waals surface area contributed by atoms with Crippen molar-refractivity contribution in [3.8, 4) is 28.1 Å². The third-order valence-electron chi connectivity index (χ3n) is 5.67. The lowest BCUT2D eigenvalue weighted by atomic mass is 10.0. The highest BCUT2D eigenvalue weighted by atomic mass is 19.1. The minimum atomic E-state index is -0.439. The van der Waals surface area contributed by atoms with Crippen molar-refractivity contribution in [2.24, 2.45) is 0 Å². The smallest absolute Gasteiger partial charge is 0.134 e. The van der Waals surface area contributed by atoms with Crippen LogP contribution in [0.5, 0.6) is 5.75 Å². The Kier molecular flexibility index (Phi) is 9.64. The summed E-state index contributed by atoms with van der Waals surface area (Å²) in [4.78, 5) is 4.58. The molecule has 0 fully saturated rings. The van der Waals surface area contributed by atoms with Crippen molar-refractivity contribution < 1.29 is 14.2 Å². The maximum absolute atomic E-state index is 14.1. The van der Waals surface area contributed by atoms with Crippen LogP contribution in [0.25, 0.3) is 28.5 Å². The number of pyridine rings is 1. The molecule has 1 heterocycles. The van der Waals surface area contributed by atoms with Gasteiger partial charge in [-0.15, -0.1) is 0 Å². The van der Waals surface area contributed by atoms with Crippen LogP contribution in [0.1, 0.15) is 57.9 Å². The Bertz CT molecular complexity index is 1010. The lowest BCUT2D eigenvalue weighted by Crippen LogP contribution is -2.08. The molecule has 3 aromatic rings. The van der Waals surface area contributed by atoms with Crippen LogP contribution in [0.4, 0.5) is 4.39 Å². The van der Waals surface area contributed by atoms with E-state index in [4.69, 9.17) is 4.74 Å². The van der Waals surface area contributed by atoms with Crippen molar-refractivity contribution in [2.75, 3.05) is 6.61 Å². The van der Waals surface area contributed by atoms with Gasteiger partial charge in [0.2, 0.25) is 0 Å². The van der Waals surface area contributed by atoms with Gasteiger partial charge in [-0.25, -0.2) is 4.39 Å². The van der Waals surface area contributed by atoms with E-state index in [0.29, 0.717) is 11.7 Å². The fourth-order valence-electron chi connectivity index (χ4n) is 3.70. The van der Waals surface area contributed by atoms with Gasteiger partial charge in [0.15, 0.2) is 0 Å². The van der Waals surface area contributed by atoms with Gasteiger partial charge < -0.3 is 9.84 Å². The number of aromatic hydroxyl groups is 1. The first-order valence-electron chi connectivity index (χ1n) is 11.9. The molecule has 1 atom stereocenters. The number of allylic oxidation sites excluding steroid dienone is 1. The Hall–Kier alpha value is -2.98. The quantitative estimate of drug-likeness (QED) is 0.286. The third kappa shape index (κ3) is 7.83. The van der Waals surface area contributed by atoms with Gasteiger partial charge >= 0.3 is 0 Å². The molecule has 0 spiro atoms. The first kappa shape index (κ1) is 24.7. The van der Waals surface area contributed by atoms with Crippen molar-refractivity contribution in [1.29, 1.82) is 0 Å². The second-order valence-electron chi connectivity index (χ2n) is 8.44. The molecule has 2 aromatic carbocycles. The molecule has 0 aliphatic carbocycles. The predicted molar refractivity (Wildman–Crippen MR) is 135 cm³/mol. The summed E-state index contributed by atoms with van der Waals surface area (Å²) in [5.74, 6) is -0.515. The molecule has 3 rings (SSSR count). The molecular formula is C29H34FNO2. The van der Waals surface area contributed by atoms with Crippen molar-refractivity contribution in [3.63, 3.8) is 0 Å². The molecule has 0 bridgehead atoms. The normalized spacial score (nSPS) is 12.3. The second-order valence-corrected chi connectivity index (χ2v) is 8.44. The molecule has 0 amide bonds. The topological polar surface area (TPSA) is 42.4 Å². The lowest BCUT2D eigenvalue weighted by molar-refractivity contribution is 0.0566. The van der Waals surface area contributed by atoms with Crippen LogP contribution in [0.3, 0.4) is 0 Å². The fourth-order valence-corrected chi connectivity index (χ4v) is 3.70. The van der Waals surface area contributed by atoms with Crippen molar-refractivity contribution >= 4 is 6.08 Å². The van der Waals surface area contributed by atoms with Gasteiger partial charge in [-0.05, 0) is 61.9 Å². The number of nitrogens with zero attached hydrogens (tertiary/aromatic N) is 1. The molecular weight excluding hydrogens is 413 g/mol. The van der Waals surface area contributed by atoms with E-state index in [0.717, 1.165) is 60.7 Å². The van der Waals surface area contributed by atoms with E-state index in [1.165, 1.54) is 18.9 Å². The molecule has 1 N–H and O–H groups in total. The molecule has 0 radical (unpaired) electrons. The first-order chi connectivity index (χ1) is 16.1. The molecule has 0 aliphatic rings. The number of phenols is 1. The minimum absolute atomic E-state index is 0.0763. The number of hydrogen-bond acceptors (Lipinski definition) is 3. The van der Waals surface area contributed by atoms with Gasteiger partial charge in [0.05, 0.1) is 11.8 Å². The van der Waals surface area contributed by atoms with Crippen LogP contribution in [0.2, 0.25) is 0 Å². The van der Waals surface area contributed by atoms with Gasteiger partial charge in [-0.3, -0.25) is 4.98 Å². The number of rotatable bonds is 12. The largest absolute Gasteiger partial charge is 0.508 e. The third-order valence-corrected chi connectivity index (χ3v) is 5.67. The summed E-state index contributed by atoms with van der Waals surface area (Å²) < 4.78 is 19.9. The van der Waals surface area contributed by atoms with Gasteiger partial charge in [-0.1, -0.05) is 62.2 Å². The summed E-state index contributed by atoms with van der Waals surface area (Å²) in [6, 6.07) is 15.9. The van der Waals surface area contributed by atoms with E-state index < -0.39 is 5.82 Å². The van der Waals surface area contributed by atoms with E-state index >= 15 is 0 Å². The predicted octanol–water partition coefficient (Wildman–Crippen LogP) is 8.04. The Morgan fingerprint density at radius 2 is 1.79 bits per heavy atom. The van der Waals surface area contributed by atoms with E-state index in [9.17, 15) is 9.50 Å². The molecule has 1 aromatic heterocycles. The van der Waals surface area contributed by atoms with Crippen LogP contribution < -0.4 is 0 Å². The average molecular weight is 448 g/mol. The molecule has 0 aliphatic heterocycles. The highest BCUT2D eigenvalue weighted by molar-refractivity contribution is 5.70. The van der Waals surface area contributed by atoms with E-state index in [-0.39, 0.29) is 5.75 Å². The molecule has 0 saturated carbocycles. The maximum Gasteiger partial charge on any atom is 0.134 e. The minimum Gasteiger partial charge on any atom is -0.508 e. The van der Waals surface area contributed by atoms with Crippen LogP contribution in [-0.2, 0) is 4.74 Å². The SMILES string of the molecule is CCCCCOC(C)CCC/C=C/c1ccc(-c2ccc(-c3ccc(O)cc3F)cc2)nc1. The zero-order chi connectivity index (χ0) is 23.5. The van der Waals surface area contributed by atoms with Crippen LogP contribution in [-0.4, -0.2) is 22.8 Å². The van der Waals surface area contributed by atoms with E-state index in [1.54, 1.807) is 6.07 Å². The number of ether oxygens (including phenoxy) is 1. The second kappa shape index (κ2) is 12.9. The van der Waals surface area contributed by atoms with Crippen LogP contribution >= 0.6 is 0 Å². The Morgan fingerprint density at radius 1 is 1.00 bits per heavy atom. The number of hydrogen-bond donors (Lipinski definition) is 1. The van der Waals surface area contributed by atoms with Gasteiger partial charge in [0, 0.05) is 30.0 Å². The molecule has 4 heteroatoms. The standard InChI is InChI=1S/C29H34FNO2/c1-3-4-8-19-33-22(2)9-6-5-7-10-23-11-18-29(31-21-23)25-14-12-24(13-15-25)27-17-16-26(32)20-28(27)30/h7,10-18,20-22,32H,3-6,8-9,19H2,1-2H3/b10-7+. The summed E-state index contributed by atoms with van der Waals surface area (Å²) in [7, 11) is 0. The average Bonchev–Trinajstić information content (AvgIpc) is 2.82. The zero-order valence-corrected chi connectivity index (χ0v) is 19.6. The Balaban J connectivity index is 1.48. The Morgan fingerprint density at radius 3 is 2.48 bits per heavy atom. The monoisotopic (exact) mass is 447 g/mol. The van der Waals surface area contributed by atoms with Crippen LogP contribution in [0, 0.1) is 5.82 Å². The van der Waals surface area contributed by atoms with Gasteiger partial charge in [-0.2, -0.15) is 0 Å². The first-order valence-corrected chi connectivity index (χ1v) is 11.9. The number of unbranched alkanes of at least 4 members (excludes halogenated alkanes) is 3. The van der Waals surface area contributed by atoms with Crippen molar-refractivity contribution in [1.82, 2.24) is 4.98 Å². The summed E-state index contributed by atoms with van der Waals surface area (Å²) >= 11 is 0. The van der Waals surface area contributed by atoms with E-state index in [2.05, 4.69) is 37.0 Å². The number of halogens is 1. The van der Waals surface area contributed by atoms with Gasteiger partial charge in [0.1, 0.15) is 11.6 Å². The summed E-state index contributed by atoms with van der Waals surface area (Å²) in [5, 5.41) is 9.39. The molecule has 33 heavy (non-hydrogen) atoms. The lowest BCUT2D eigenvalue weighted by Gasteiger charge is -2.11. The zero-order valence-electron chi connectivity index (χ0n) is 19.6. The highest BCUT2D eigenvalue weighted by Gasteiger charge is 2.07. The Labute approximate surface area is 197 Å². The van der Waals surface area contributed by atoms with Gasteiger partial charge in [0.25, 0.3) is 0 Å². The van der Waals surface area contributed by atoms with Crippen molar-refractivity contribution in [2.45, 2.75) is 58.5 Å². The van der Waals surface area contributed by atoms with Crippen molar-refractivity contribution in [3.05, 3.63) is 78.3 Å². The fraction of sp³-hybridized carbons (Fsp3) is 0.345. The molecule has 3 nitrogen and oxygen atoms in total. The summed E-state index contributed by atoms with van der Waals surface area (Å²) in [6.07, 6.45) is 13.4. The number of phenolic OH excluding ortho intramolecular Hbond substituents is 1. The highest BCUT2D eigenvalue weighted by Crippen LogP contribution is 2.28. The summed E-state index contributed by atoms with van der Waals surface area (Å²) in [6.45, 7) is 5.24. The molecule has 1 unspecified atom stereocenters. The number of benzene rings is 2. The number of aromatic nitrogens is 1.